The van der Waals surface area contributed by atoms with Crippen LogP contribution in [0.5, 0.6) is 5.75 Å². The van der Waals surface area contributed by atoms with E-state index in [9.17, 15) is 18.0 Å². The molecule has 134 valence electrons. The number of rotatable bonds is 6. The van der Waals surface area contributed by atoms with Crippen molar-refractivity contribution in [2.45, 2.75) is 12.7 Å². The van der Waals surface area contributed by atoms with Gasteiger partial charge in [-0.1, -0.05) is 24.3 Å². The van der Waals surface area contributed by atoms with Gasteiger partial charge < -0.3 is 15.0 Å². The lowest BCUT2D eigenvalue weighted by molar-refractivity contribution is -0.885. The number of benzene rings is 2. The molecule has 0 aliphatic rings. The number of hydrogen-bond acceptors (Lipinski definition) is 2. The number of hydrogen-bond donors (Lipinski definition) is 2. The zero-order valence-electron chi connectivity index (χ0n) is 14.0. The molecule has 1 atom stereocenters. The van der Waals surface area contributed by atoms with Gasteiger partial charge in [-0.3, -0.25) is 4.79 Å². The third-order valence-corrected chi connectivity index (χ3v) is 3.63. The lowest BCUT2D eigenvalue weighted by Crippen LogP contribution is -3.08. The zero-order valence-corrected chi connectivity index (χ0v) is 14.0. The van der Waals surface area contributed by atoms with Gasteiger partial charge in [-0.15, -0.1) is 0 Å². The lowest BCUT2D eigenvalue weighted by Gasteiger charge is -2.15. The van der Waals surface area contributed by atoms with E-state index in [2.05, 4.69) is 5.32 Å². The molecule has 4 nitrogen and oxygen atoms in total. The second-order valence-electron chi connectivity index (χ2n) is 5.75. The summed E-state index contributed by atoms with van der Waals surface area (Å²) in [5.74, 6) is 0.366. The molecule has 0 spiro atoms. The van der Waals surface area contributed by atoms with Gasteiger partial charge in [0, 0.05) is 5.56 Å². The summed E-state index contributed by atoms with van der Waals surface area (Å²) in [4.78, 5) is 13.0. The van der Waals surface area contributed by atoms with Crippen LogP contribution in [-0.4, -0.2) is 26.6 Å². The van der Waals surface area contributed by atoms with E-state index < -0.39 is 11.7 Å². The Bertz CT molecular complexity index is 715. The Balaban J connectivity index is 1.91. The van der Waals surface area contributed by atoms with E-state index in [1.165, 1.54) is 19.2 Å². The predicted octanol–water partition coefficient (Wildman–Crippen LogP) is 2.37. The number of ether oxygens (including phenoxy) is 1. The van der Waals surface area contributed by atoms with Crippen molar-refractivity contribution in [3.05, 3.63) is 59.7 Å². The normalized spacial score (nSPS) is 12.5. The summed E-state index contributed by atoms with van der Waals surface area (Å²) < 4.78 is 42.8. The molecule has 0 saturated carbocycles. The summed E-state index contributed by atoms with van der Waals surface area (Å²) in [5.41, 5.74) is 0.635. The van der Waals surface area contributed by atoms with Crippen LogP contribution in [0.1, 0.15) is 11.1 Å². The number of halogens is 3. The van der Waals surface area contributed by atoms with E-state index in [0.29, 0.717) is 18.0 Å². The molecule has 0 heterocycles. The number of carbonyl (C=O) groups is 1. The molecule has 2 aromatic carbocycles. The average molecular weight is 353 g/mol. The maximum absolute atomic E-state index is 12.6. The summed E-state index contributed by atoms with van der Waals surface area (Å²) in [6.45, 7) is 0.622. The number of para-hydroxylation sites is 2. The minimum atomic E-state index is -4.34. The molecule has 0 fully saturated rings. The average Bonchev–Trinajstić information content (AvgIpc) is 2.54. The van der Waals surface area contributed by atoms with Gasteiger partial charge in [-0.25, -0.2) is 0 Å². The molecule has 1 unspecified atom stereocenters. The van der Waals surface area contributed by atoms with E-state index in [0.717, 1.165) is 22.6 Å². The Kier molecular flexibility index (Phi) is 6.03. The van der Waals surface area contributed by atoms with Crippen molar-refractivity contribution in [2.24, 2.45) is 0 Å². The molecule has 7 heteroatoms. The maximum atomic E-state index is 12.6. The van der Waals surface area contributed by atoms with Crippen LogP contribution in [0.15, 0.2) is 48.5 Å². The monoisotopic (exact) mass is 353 g/mol. The number of alkyl halides is 3. The van der Waals surface area contributed by atoms with Gasteiger partial charge in [0.2, 0.25) is 0 Å². The summed E-state index contributed by atoms with van der Waals surface area (Å²) in [5, 5.41) is 2.77. The van der Waals surface area contributed by atoms with Crippen molar-refractivity contribution in [1.82, 2.24) is 0 Å². The SMILES string of the molecule is COc1ccccc1NC(=O)C[NH+](C)Cc1ccc(C(F)(F)F)cc1. The molecule has 2 rings (SSSR count). The van der Waals surface area contributed by atoms with E-state index in [-0.39, 0.29) is 12.5 Å². The fraction of sp³-hybridized carbons (Fsp3) is 0.278. The van der Waals surface area contributed by atoms with E-state index in [1.54, 1.807) is 31.3 Å². The van der Waals surface area contributed by atoms with Gasteiger partial charge in [0.05, 0.1) is 25.4 Å². The smallest absolute Gasteiger partial charge is 0.416 e. The molecule has 0 aliphatic heterocycles. The van der Waals surface area contributed by atoms with Crippen molar-refractivity contribution in [3.8, 4) is 5.75 Å². The Morgan fingerprint density at radius 3 is 2.36 bits per heavy atom. The van der Waals surface area contributed by atoms with Crippen molar-refractivity contribution < 1.29 is 27.6 Å². The van der Waals surface area contributed by atoms with E-state index in [4.69, 9.17) is 4.74 Å². The topological polar surface area (TPSA) is 42.8 Å². The Hall–Kier alpha value is -2.54. The van der Waals surface area contributed by atoms with Crippen LogP contribution in [-0.2, 0) is 17.5 Å². The number of quaternary nitrogens is 1. The number of anilines is 1. The fourth-order valence-electron chi connectivity index (χ4n) is 2.44. The van der Waals surface area contributed by atoms with Crippen LogP contribution in [0.3, 0.4) is 0 Å². The molecule has 0 aromatic heterocycles. The minimum Gasteiger partial charge on any atom is -0.495 e. The van der Waals surface area contributed by atoms with E-state index in [1.807, 2.05) is 0 Å². The quantitative estimate of drug-likeness (QED) is 0.837. The van der Waals surface area contributed by atoms with Gasteiger partial charge in [0.25, 0.3) is 5.91 Å². The molecular formula is C18H20F3N2O2+. The van der Waals surface area contributed by atoms with Gasteiger partial charge in [0.1, 0.15) is 12.3 Å². The second-order valence-corrected chi connectivity index (χ2v) is 5.75. The minimum absolute atomic E-state index is 0.180. The molecule has 2 aromatic rings. The van der Waals surface area contributed by atoms with Gasteiger partial charge in [-0.05, 0) is 24.3 Å². The van der Waals surface area contributed by atoms with Gasteiger partial charge in [-0.2, -0.15) is 13.2 Å². The first-order valence-corrected chi connectivity index (χ1v) is 7.70. The Morgan fingerprint density at radius 2 is 1.76 bits per heavy atom. The third kappa shape index (κ3) is 5.49. The molecule has 25 heavy (non-hydrogen) atoms. The highest BCUT2D eigenvalue weighted by Gasteiger charge is 2.30. The fourth-order valence-corrected chi connectivity index (χ4v) is 2.44. The number of methoxy groups -OCH3 is 1. The first-order valence-electron chi connectivity index (χ1n) is 7.70. The summed E-state index contributed by atoms with van der Waals surface area (Å²) in [6, 6.07) is 12.0. The highest BCUT2D eigenvalue weighted by atomic mass is 19.4. The van der Waals surface area contributed by atoms with Crippen molar-refractivity contribution in [1.29, 1.82) is 0 Å². The molecule has 2 N–H and O–H groups in total. The van der Waals surface area contributed by atoms with Crippen LogP contribution in [0.4, 0.5) is 18.9 Å². The van der Waals surface area contributed by atoms with Crippen molar-refractivity contribution in [3.63, 3.8) is 0 Å². The van der Waals surface area contributed by atoms with Crippen LogP contribution < -0.4 is 15.0 Å². The summed E-state index contributed by atoms with van der Waals surface area (Å²) >= 11 is 0. The van der Waals surface area contributed by atoms with Crippen LogP contribution >= 0.6 is 0 Å². The largest absolute Gasteiger partial charge is 0.495 e. The highest BCUT2D eigenvalue weighted by Crippen LogP contribution is 2.29. The maximum Gasteiger partial charge on any atom is 0.416 e. The number of likely N-dealkylation sites (N-methyl/N-ethyl adjacent to an activating group) is 1. The third-order valence-electron chi connectivity index (χ3n) is 3.63. The van der Waals surface area contributed by atoms with Crippen molar-refractivity contribution in [2.75, 3.05) is 26.0 Å². The second kappa shape index (κ2) is 8.02. The molecule has 0 bridgehead atoms. The van der Waals surface area contributed by atoms with Gasteiger partial charge >= 0.3 is 6.18 Å². The number of amides is 1. The van der Waals surface area contributed by atoms with Crippen molar-refractivity contribution >= 4 is 11.6 Å². The number of carbonyl (C=O) groups excluding carboxylic acids is 1. The Morgan fingerprint density at radius 1 is 1.12 bits per heavy atom. The zero-order chi connectivity index (χ0) is 18.4. The van der Waals surface area contributed by atoms with E-state index >= 15 is 0 Å². The Labute approximate surface area is 144 Å². The summed E-state index contributed by atoms with van der Waals surface area (Å²) in [6.07, 6.45) is -4.34. The van der Waals surface area contributed by atoms with Crippen LogP contribution in [0.2, 0.25) is 0 Å². The van der Waals surface area contributed by atoms with Crippen LogP contribution in [0.25, 0.3) is 0 Å². The number of nitrogens with one attached hydrogen (secondary N) is 2. The summed E-state index contributed by atoms with van der Waals surface area (Å²) in [7, 11) is 3.33. The van der Waals surface area contributed by atoms with Gasteiger partial charge in [0.15, 0.2) is 6.54 Å². The molecule has 0 saturated heterocycles. The first kappa shape index (κ1) is 18.8. The molecule has 0 radical (unpaired) electrons. The predicted molar refractivity (Wildman–Crippen MR) is 88.5 cm³/mol. The molecule has 0 aliphatic carbocycles. The molecular weight excluding hydrogens is 333 g/mol. The molecule has 1 amide bonds. The van der Waals surface area contributed by atoms with Crippen LogP contribution in [0, 0.1) is 0 Å². The lowest BCUT2D eigenvalue weighted by atomic mass is 10.1. The first-order chi connectivity index (χ1) is 11.8. The standard InChI is InChI=1S/C18H19F3N2O2/c1-23(11-13-7-9-14(10-8-13)18(19,20)21)12-17(24)22-15-5-3-4-6-16(15)25-2/h3-10H,11-12H2,1-2H3,(H,22,24)/p+1. The highest BCUT2D eigenvalue weighted by molar-refractivity contribution is 5.92.